The van der Waals surface area contributed by atoms with Crippen LogP contribution in [-0.2, 0) is 16.2 Å². The van der Waals surface area contributed by atoms with Crippen LogP contribution in [0.5, 0.6) is 11.5 Å². The monoisotopic (exact) mass is 439 g/mol. The Balaban J connectivity index is 2.40. The maximum Gasteiger partial charge on any atom is 0.416 e. The Bertz CT molecular complexity index is 1010. The fraction of sp³-hybridized carbons (Fsp3) is 0.133. The number of amides is 1. The molecule has 0 unspecified atom stereocenters. The molecule has 2 aromatic carbocycles. The van der Waals surface area contributed by atoms with Gasteiger partial charge < -0.3 is 15.2 Å². The molecule has 2 rings (SSSR count). The van der Waals surface area contributed by atoms with Crippen molar-refractivity contribution in [2.45, 2.75) is 6.18 Å². The maximum absolute atomic E-state index is 12.7. The number of anilines is 1. The molecule has 28 heavy (non-hydrogen) atoms. The summed E-state index contributed by atoms with van der Waals surface area (Å²) in [7, 11) is -3.98. The molecule has 0 aliphatic rings. The van der Waals surface area contributed by atoms with Gasteiger partial charge in [-0.1, -0.05) is 11.6 Å². The van der Waals surface area contributed by atoms with Crippen LogP contribution >= 0.6 is 11.6 Å². The highest BCUT2D eigenvalue weighted by atomic mass is 35.5. The molecule has 0 fully saturated rings. The van der Waals surface area contributed by atoms with Crippen LogP contribution in [0.2, 0.25) is 5.02 Å². The summed E-state index contributed by atoms with van der Waals surface area (Å²) in [6, 6.07) is 5.26. The van der Waals surface area contributed by atoms with Crippen LogP contribution in [0.3, 0.4) is 0 Å². The smallest absolute Gasteiger partial charge is 0.416 e. The Morgan fingerprint density at radius 2 is 1.89 bits per heavy atom. The summed E-state index contributed by atoms with van der Waals surface area (Å²) in [5.74, 6) is -1.60. The molecule has 0 bridgehead atoms. The van der Waals surface area contributed by atoms with Gasteiger partial charge >= 0.3 is 6.18 Å². The summed E-state index contributed by atoms with van der Waals surface area (Å²) in [5, 5.41) is 19.2. The number of halogens is 4. The predicted octanol–water partition coefficient (Wildman–Crippen LogP) is 3.53. The lowest BCUT2D eigenvalue weighted by Crippen LogP contribution is -2.30. The lowest BCUT2D eigenvalue weighted by atomic mass is 10.1. The summed E-state index contributed by atoms with van der Waals surface area (Å²) in [6.45, 7) is 0. The van der Waals surface area contributed by atoms with E-state index in [0.29, 0.717) is 12.3 Å². The number of hydrogen-bond donors (Lipinski definition) is 2. The Labute approximate surface area is 161 Å². The first-order valence-electron chi connectivity index (χ1n) is 7.15. The highest BCUT2D eigenvalue weighted by Gasteiger charge is 2.31. The van der Waals surface area contributed by atoms with E-state index in [1.54, 1.807) is 4.72 Å². The molecule has 1 amide bonds. The van der Waals surface area contributed by atoms with Gasteiger partial charge in [-0.3, -0.25) is 10.0 Å². The van der Waals surface area contributed by atoms with Gasteiger partial charge in [-0.15, -0.1) is 0 Å². The third-order valence-corrected chi connectivity index (χ3v) is 4.04. The minimum absolute atomic E-state index is 0.161. The van der Waals surface area contributed by atoms with Crippen LogP contribution in [0, 0.1) is 5.21 Å². The summed E-state index contributed by atoms with van der Waals surface area (Å²) >= 11 is 5.77. The lowest BCUT2D eigenvalue weighted by molar-refractivity contribution is -0.137. The number of rotatable bonds is 5. The number of nitrogens with zero attached hydrogens (tertiary/aromatic N) is 1. The average Bonchev–Trinajstić information content (AvgIpc) is 2.54. The molecule has 2 aromatic rings. The molecule has 0 saturated heterocycles. The minimum Gasteiger partial charge on any atom is -0.733 e. The van der Waals surface area contributed by atoms with E-state index < -0.39 is 44.1 Å². The second-order valence-corrected chi connectivity index (χ2v) is 7.56. The fourth-order valence-electron chi connectivity index (χ4n) is 2.04. The molecule has 8 nitrogen and oxygen atoms in total. The molecule has 0 atom stereocenters. The number of benzene rings is 2. The number of hydrogen-bond acceptors (Lipinski definition) is 7. The van der Waals surface area contributed by atoms with Crippen molar-refractivity contribution in [1.29, 1.82) is 0 Å². The molecule has 2 N–H and O–H groups in total. The summed E-state index contributed by atoms with van der Waals surface area (Å²) in [6.07, 6.45) is -3.92. The average molecular weight is 440 g/mol. The van der Waals surface area contributed by atoms with E-state index in [0.717, 1.165) is 30.3 Å². The fourth-order valence-corrected chi connectivity index (χ4v) is 2.70. The molecule has 152 valence electrons. The van der Waals surface area contributed by atoms with Crippen molar-refractivity contribution < 1.29 is 36.3 Å². The van der Waals surface area contributed by atoms with E-state index in [2.05, 4.69) is 0 Å². The Morgan fingerprint density at radius 3 is 2.39 bits per heavy atom. The van der Waals surface area contributed by atoms with Crippen molar-refractivity contribution in [2.24, 2.45) is 0 Å². The second kappa shape index (κ2) is 7.83. The third kappa shape index (κ3) is 5.48. The van der Waals surface area contributed by atoms with E-state index >= 15 is 0 Å². The van der Waals surface area contributed by atoms with Gasteiger partial charge in [0, 0.05) is 0 Å². The van der Waals surface area contributed by atoms with Gasteiger partial charge in [-0.25, -0.2) is 13.1 Å². The molecule has 0 spiro atoms. The first-order valence-corrected chi connectivity index (χ1v) is 9.42. The van der Waals surface area contributed by atoms with Crippen LogP contribution in [0.15, 0.2) is 36.4 Å². The van der Waals surface area contributed by atoms with E-state index in [9.17, 15) is 31.6 Å². The van der Waals surface area contributed by atoms with Gasteiger partial charge in [0.15, 0.2) is 0 Å². The highest BCUT2D eigenvalue weighted by molar-refractivity contribution is 7.89. The van der Waals surface area contributed by atoms with Gasteiger partial charge in [0.05, 0.1) is 28.1 Å². The first kappa shape index (κ1) is 21.8. The molecule has 0 aromatic heterocycles. The summed E-state index contributed by atoms with van der Waals surface area (Å²) < 4.78 is 67.3. The lowest BCUT2D eigenvalue weighted by Gasteiger charge is -2.24. The van der Waals surface area contributed by atoms with E-state index in [1.165, 1.54) is 0 Å². The van der Waals surface area contributed by atoms with E-state index in [1.807, 2.05) is 0 Å². The van der Waals surface area contributed by atoms with E-state index in [4.69, 9.17) is 21.5 Å². The second-order valence-electron chi connectivity index (χ2n) is 5.40. The van der Waals surface area contributed by atoms with Crippen LogP contribution in [-0.4, -0.2) is 25.8 Å². The van der Waals surface area contributed by atoms with Crippen molar-refractivity contribution in [2.75, 3.05) is 11.5 Å². The topological polar surface area (TPSA) is 119 Å². The normalized spacial score (nSPS) is 11.8. The summed E-state index contributed by atoms with van der Waals surface area (Å²) in [4.78, 5) is 12.0. The Hall–Kier alpha value is -2.54. The predicted molar refractivity (Wildman–Crippen MR) is 92.9 cm³/mol. The zero-order valence-corrected chi connectivity index (χ0v) is 15.4. The SMILES string of the molecule is CS(=O)(=O)NC(=O)c1cc(Oc2ccc(C(F)(F)F)cc2Cl)ccc1N([O-])O. The van der Waals surface area contributed by atoms with Crippen LogP contribution < -0.4 is 14.7 Å². The zero-order chi connectivity index (χ0) is 21.3. The van der Waals surface area contributed by atoms with Gasteiger partial charge in [0.1, 0.15) is 11.5 Å². The third-order valence-electron chi connectivity index (χ3n) is 3.18. The Kier molecular flexibility index (Phi) is 6.09. The number of alkyl halides is 3. The van der Waals surface area contributed by atoms with Gasteiger partial charge in [0.2, 0.25) is 10.0 Å². The van der Waals surface area contributed by atoms with Gasteiger partial charge in [0.25, 0.3) is 5.91 Å². The van der Waals surface area contributed by atoms with Crippen molar-refractivity contribution >= 4 is 33.2 Å². The zero-order valence-electron chi connectivity index (χ0n) is 13.8. The summed E-state index contributed by atoms with van der Waals surface area (Å²) in [5.41, 5.74) is -2.16. The maximum atomic E-state index is 12.7. The van der Waals surface area contributed by atoms with Gasteiger partial charge in [-0.05, 0) is 36.4 Å². The number of carbonyl (C=O) groups is 1. The van der Waals surface area contributed by atoms with Crippen LogP contribution in [0.4, 0.5) is 18.9 Å². The molecular formula is C15H11ClF3N2O6S-. The number of ether oxygens (including phenoxy) is 1. The molecule has 0 heterocycles. The molecule has 0 saturated carbocycles. The van der Waals surface area contributed by atoms with Crippen molar-refractivity contribution in [3.8, 4) is 11.5 Å². The molecular weight excluding hydrogens is 429 g/mol. The molecule has 0 radical (unpaired) electrons. The minimum atomic E-state index is -4.61. The standard InChI is InChI=1S/C15H11ClF3N2O6S/c1-28(25,26)20-14(22)10-7-9(3-4-12(10)21(23)24)27-13-5-2-8(6-11(13)16)15(17,18)19/h2-7,23H,1H3,(H,20,22)/q-1. The number of nitrogens with one attached hydrogen (secondary N) is 1. The van der Waals surface area contributed by atoms with Crippen LogP contribution in [0.25, 0.3) is 0 Å². The van der Waals surface area contributed by atoms with Crippen molar-refractivity contribution in [1.82, 2.24) is 4.72 Å². The van der Waals surface area contributed by atoms with Crippen molar-refractivity contribution in [3.63, 3.8) is 0 Å². The molecule has 0 aliphatic heterocycles. The first-order chi connectivity index (χ1) is 12.8. The number of sulfonamides is 1. The largest absolute Gasteiger partial charge is 0.733 e. The quantitative estimate of drug-likeness (QED) is 0.684. The Morgan fingerprint density at radius 1 is 1.25 bits per heavy atom. The highest BCUT2D eigenvalue weighted by Crippen LogP contribution is 2.37. The number of carbonyl (C=O) groups excluding carboxylic acids is 1. The molecule has 0 aliphatic carbocycles. The van der Waals surface area contributed by atoms with Crippen molar-refractivity contribution in [3.05, 3.63) is 57.8 Å². The molecule has 13 heteroatoms. The van der Waals surface area contributed by atoms with Gasteiger partial charge in [-0.2, -0.15) is 13.2 Å². The van der Waals surface area contributed by atoms with Crippen LogP contribution in [0.1, 0.15) is 15.9 Å². The van der Waals surface area contributed by atoms with E-state index in [-0.39, 0.29) is 16.5 Å².